The maximum absolute atomic E-state index is 14.3. The number of nitrogens with zero attached hydrogens (tertiary/aromatic N) is 2. The molecule has 0 saturated carbocycles. The zero-order valence-corrected chi connectivity index (χ0v) is 13.2. The fraction of sp³-hybridized carbons (Fsp3) is 0.625. The van der Waals surface area contributed by atoms with Gasteiger partial charge in [0.25, 0.3) is 0 Å². The third-order valence-corrected chi connectivity index (χ3v) is 3.26. The molecular formula is C16H28FN3. The van der Waals surface area contributed by atoms with Gasteiger partial charge in [0.05, 0.1) is 5.69 Å². The quantitative estimate of drug-likeness (QED) is 0.751. The summed E-state index contributed by atoms with van der Waals surface area (Å²) < 4.78 is 14.3. The Hall–Kier alpha value is -1.13. The maximum Gasteiger partial charge on any atom is 0.146 e. The Morgan fingerprint density at radius 2 is 1.85 bits per heavy atom. The van der Waals surface area contributed by atoms with Crippen LogP contribution in [-0.4, -0.2) is 45.2 Å². The molecule has 1 N–H and O–H groups in total. The zero-order chi connectivity index (χ0) is 15.0. The number of likely N-dealkylation sites (N-methyl/N-ethyl adjacent to an activating group) is 1. The van der Waals surface area contributed by atoms with Crippen molar-refractivity contribution in [3.8, 4) is 0 Å². The van der Waals surface area contributed by atoms with Gasteiger partial charge >= 0.3 is 0 Å². The first kappa shape index (κ1) is 16.9. The van der Waals surface area contributed by atoms with Crippen LogP contribution in [0.2, 0.25) is 0 Å². The highest BCUT2D eigenvalue weighted by molar-refractivity contribution is 5.55. The van der Waals surface area contributed by atoms with E-state index in [1.807, 2.05) is 20.2 Å². The summed E-state index contributed by atoms with van der Waals surface area (Å²) in [6.07, 6.45) is 1.02. The fourth-order valence-corrected chi connectivity index (χ4v) is 2.24. The van der Waals surface area contributed by atoms with Gasteiger partial charge in [0, 0.05) is 26.2 Å². The van der Waals surface area contributed by atoms with E-state index in [0.29, 0.717) is 6.54 Å². The van der Waals surface area contributed by atoms with E-state index in [1.54, 1.807) is 12.1 Å². The molecular weight excluding hydrogens is 253 g/mol. The largest absolute Gasteiger partial charge is 0.368 e. The van der Waals surface area contributed by atoms with Gasteiger partial charge in [0.1, 0.15) is 5.82 Å². The van der Waals surface area contributed by atoms with Crippen molar-refractivity contribution >= 4 is 5.69 Å². The van der Waals surface area contributed by atoms with Crippen LogP contribution in [0.4, 0.5) is 10.1 Å². The molecule has 0 aliphatic carbocycles. The lowest BCUT2D eigenvalue weighted by molar-refractivity contribution is 0.411. The molecule has 0 unspecified atom stereocenters. The molecule has 20 heavy (non-hydrogen) atoms. The van der Waals surface area contributed by atoms with Crippen molar-refractivity contribution in [1.82, 2.24) is 10.2 Å². The molecule has 0 fully saturated rings. The van der Waals surface area contributed by atoms with Crippen LogP contribution in [0, 0.1) is 5.82 Å². The van der Waals surface area contributed by atoms with Gasteiger partial charge in [-0.1, -0.05) is 26.0 Å². The van der Waals surface area contributed by atoms with Crippen molar-refractivity contribution in [3.63, 3.8) is 0 Å². The minimum absolute atomic E-state index is 0.118. The third kappa shape index (κ3) is 5.10. The number of hydrogen-bond donors (Lipinski definition) is 1. The molecule has 3 nitrogen and oxygen atoms in total. The van der Waals surface area contributed by atoms with Gasteiger partial charge in [0.15, 0.2) is 0 Å². The number of rotatable bonds is 9. The van der Waals surface area contributed by atoms with E-state index in [1.165, 1.54) is 0 Å². The van der Waals surface area contributed by atoms with E-state index in [4.69, 9.17) is 0 Å². The van der Waals surface area contributed by atoms with Crippen molar-refractivity contribution in [2.45, 2.75) is 26.8 Å². The lowest BCUT2D eigenvalue weighted by Gasteiger charge is -2.28. The summed E-state index contributed by atoms with van der Waals surface area (Å²) >= 11 is 0. The van der Waals surface area contributed by atoms with Gasteiger partial charge < -0.3 is 15.1 Å². The maximum atomic E-state index is 14.3. The molecule has 0 saturated heterocycles. The van der Waals surface area contributed by atoms with Crippen molar-refractivity contribution in [3.05, 3.63) is 29.6 Å². The number of hydrogen-bond acceptors (Lipinski definition) is 3. The second-order valence-corrected chi connectivity index (χ2v) is 5.32. The Labute approximate surface area is 122 Å². The molecule has 0 aliphatic heterocycles. The Bertz CT molecular complexity index is 393. The summed E-state index contributed by atoms with van der Waals surface area (Å²) in [6, 6.07) is 5.37. The average Bonchev–Trinajstić information content (AvgIpc) is 2.41. The van der Waals surface area contributed by atoms with Crippen LogP contribution in [0.5, 0.6) is 0 Å². The van der Waals surface area contributed by atoms with E-state index < -0.39 is 0 Å². The van der Waals surface area contributed by atoms with Crippen LogP contribution in [0.1, 0.15) is 25.8 Å². The average molecular weight is 281 g/mol. The predicted octanol–water partition coefficient (Wildman–Crippen LogP) is 2.71. The van der Waals surface area contributed by atoms with Gasteiger partial charge in [-0.05, 0) is 38.7 Å². The standard InChI is InChI=1S/C16H28FN3/c1-5-10-20(12-11-19(3)4)16-14(13-18-6-2)8-7-9-15(16)17/h7-9,18H,5-6,10-13H2,1-4H3. The Morgan fingerprint density at radius 1 is 1.10 bits per heavy atom. The van der Waals surface area contributed by atoms with Crippen LogP contribution >= 0.6 is 0 Å². The second kappa shape index (κ2) is 8.93. The zero-order valence-electron chi connectivity index (χ0n) is 13.2. The highest BCUT2D eigenvalue weighted by atomic mass is 19.1. The Kier molecular flexibility index (Phi) is 7.55. The van der Waals surface area contributed by atoms with E-state index in [-0.39, 0.29) is 5.82 Å². The summed E-state index contributed by atoms with van der Waals surface area (Å²) in [4.78, 5) is 4.30. The number of nitrogens with one attached hydrogen (secondary N) is 1. The van der Waals surface area contributed by atoms with Gasteiger partial charge in [-0.2, -0.15) is 0 Å². The smallest absolute Gasteiger partial charge is 0.146 e. The van der Waals surface area contributed by atoms with Gasteiger partial charge in [-0.15, -0.1) is 0 Å². The SMILES string of the molecule is CCCN(CCN(C)C)c1c(F)cccc1CNCC. The molecule has 0 bridgehead atoms. The number of benzene rings is 1. The molecule has 1 aromatic carbocycles. The molecule has 0 aromatic heterocycles. The molecule has 0 aliphatic rings. The first-order chi connectivity index (χ1) is 9.60. The van der Waals surface area contributed by atoms with Crippen LogP contribution in [-0.2, 0) is 6.54 Å². The number of halogens is 1. The highest BCUT2D eigenvalue weighted by Crippen LogP contribution is 2.24. The Balaban J connectivity index is 2.97. The summed E-state index contributed by atoms with van der Waals surface area (Å²) in [6.45, 7) is 8.46. The summed E-state index contributed by atoms with van der Waals surface area (Å²) in [5, 5.41) is 3.29. The fourth-order valence-electron chi connectivity index (χ4n) is 2.24. The monoisotopic (exact) mass is 281 g/mol. The molecule has 0 atom stereocenters. The van der Waals surface area contributed by atoms with Gasteiger partial charge in [-0.3, -0.25) is 0 Å². The molecule has 114 valence electrons. The summed E-state index contributed by atoms with van der Waals surface area (Å²) in [5.74, 6) is -0.118. The van der Waals surface area contributed by atoms with E-state index in [0.717, 1.165) is 43.9 Å². The number of para-hydroxylation sites is 1. The van der Waals surface area contributed by atoms with Crippen molar-refractivity contribution < 1.29 is 4.39 Å². The molecule has 1 aromatic rings. The normalized spacial score (nSPS) is 11.1. The highest BCUT2D eigenvalue weighted by Gasteiger charge is 2.15. The van der Waals surface area contributed by atoms with E-state index in [2.05, 4.69) is 29.0 Å². The molecule has 1 rings (SSSR count). The third-order valence-electron chi connectivity index (χ3n) is 3.26. The lowest BCUT2D eigenvalue weighted by Crippen LogP contribution is -2.34. The van der Waals surface area contributed by atoms with Crippen LogP contribution in [0.25, 0.3) is 0 Å². The van der Waals surface area contributed by atoms with Gasteiger partial charge in [-0.25, -0.2) is 4.39 Å². The van der Waals surface area contributed by atoms with Crippen LogP contribution in [0.15, 0.2) is 18.2 Å². The molecule has 4 heteroatoms. The van der Waals surface area contributed by atoms with Gasteiger partial charge in [0.2, 0.25) is 0 Å². The van der Waals surface area contributed by atoms with E-state index in [9.17, 15) is 4.39 Å². The first-order valence-electron chi connectivity index (χ1n) is 7.47. The topological polar surface area (TPSA) is 18.5 Å². The summed E-state index contributed by atoms with van der Waals surface area (Å²) in [7, 11) is 4.09. The molecule has 0 amide bonds. The van der Waals surface area contributed by atoms with Crippen LogP contribution in [0.3, 0.4) is 0 Å². The Morgan fingerprint density at radius 3 is 2.45 bits per heavy atom. The summed E-state index contributed by atoms with van der Waals surface area (Å²) in [5.41, 5.74) is 1.80. The second-order valence-electron chi connectivity index (χ2n) is 5.32. The molecule has 0 radical (unpaired) electrons. The van der Waals surface area contributed by atoms with E-state index >= 15 is 0 Å². The van der Waals surface area contributed by atoms with Crippen molar-refractivity contribution in [2.75, 3.05) is 45.2 Å². The molecule has 0 heterocycles. The lowest BCUT2D eigenvalue weighted by atomic mass is 10.1. The van der Waals surface area contributed by atoms with Crippen molar-refractivity contribution in [2.24, 2.45) is 0 Å². The minimum Gasteiger partial charge on any atom is -0.368 e. The predicted molar refractivity (Wildman–Crippen MR) is 84.8 cm³/mol. The van der Waals surface area contributed by atoms with Crippen LogP contribution < -0.4 is 10.2 Å². The minimum atomic E-state index is -0.118. The number of anilines is 1. The molecule has 0 spiro atoms. The first-order valence-corrected chi connectivity index (χ1v) is 7.47. The van der Waals surface area contributed by atoms with Crippen molar-refractivity contribution in [1.29, 1.82) is 0 Å².